The number of methoxy groups -OCH3 is 1. The van der Waals surface area contributed by atoms with Crippen LogP contribution in [-0.2, 0) is 9.53 Å². The molecule has 0 aliphatic heterocycles. The number of esters is 1. The number of nitrogens with one attached hydrogen (secondary N) is 2. The fourth-order valence-electron chi connectivity index (χ4n) is 2.33. The summed E-state index contributed by atoms with van der Waals surface area (Å²) in [5.41, 5.74) is 2.37. The number of hydrogen-bond donors (Lipinski definition) is 2. The molecule has 1 aromatic carbocycles. The number of amides is 2. The molecule has 0 radical (unpaired) electrons. The number of hydrogen-bond acceptors (Lipinski definition) is 5. The zero-order valence-electron chi connectivity index (χ0n) is 15.4. The van der Waals surface area contributed by atoms with Crippen LogP contribution < -0.4 is 10.6 Å². The summed E-state index contributed by atoms with van der Waals surface area (Å²) in [5, 5.41) is 5.85. The summed E-state index contributed by atoms with van der Waals surface area (Å²) in [5.74, 6) is -1.42. The maximum Gasteiger partial charge on any atom is 0.341 e. The lowest BCUT2D eigenvalue weighted by Gasteiger charge is -2.07. The molecule has 0 bridgehead atoms. The lowest BCUT2D eigenvalue weighted by Crippen LogP contribution is -2.19. The molecule has 1 aromatic heterocycles. The Hall–Kier alpha value is -2.67. The summed E-state index contributed by atoms with van der Waals surface area (Å²) in [4.78, 5) is 37.2. The van der Waals surface area contributed by atoms with Crippen molar-refractivity contribution in [3.63, 3.8) is 0 Å². The summed E-state index contributed by atoms with van der Waals surface area (Å²) in [7, 11) is 1.26. The van der Waals surface area contributed by atoms with Gasteiger partial charge in [0.1, 0.15) is 5.00 Å². The van der Waals surface area contributed by atoms with Crippen molar-refractivity contribution in [3.8, 4) is 0 Å². The molecular weight excluding hydrogens is 352 g/mol. The van der Waals surface area contributed by atoms with Crippen LogP contribution in [0.15, 0.2) is 24.3 Å². The van der Waals surface area contributed by atoms with Gasteiger partial charge in [-0.05, 0) is 37.1 Å². The number of anilines is 2. The molecular formula is C19H22N2O4S. The van der Waals surface area contributed by atoms with Gasteiger partial charge in [-0.3, -0.25) is 9.59 Å². The third kappa shape index (κ3) is 4.29. The lowest BCUT2D eigenvalue weighted by molar-refractivity contribution is -0.118. The molecule has 2 aromatic rings. The van der Waals surface area contributed by atoms with Crippen molar-refractivity contribution >= 4 is 39.8 Å². The van der Waals surface area contributed by atoms with Gasteiger partial charge in [-0.15, -0.1) is 11.3 Å². The molecule has 0 saturated heterocycles. The van der Waals surface area contributed by atoms with Crippen LogP contribution in [0.5, 0.6) is 0 Å². The number of rotatable bonds is 5. The summed E-state index contributed by atoms with van der Waals surface area (Å²) in [6, 6.07) is 7.42. The van der Waals surface area contributed by atoms with E-state index in [4.69, 9.17) is 4.74 Å². The minimum Gasteiger partial charge on any atom is -0.465 e. The summed E-state index contributed by atoms with van der Waals surface area (Å²) in [6.45, 7) is 7.10. The monoisotopic (exact) mass is 374 g/mol. The average molecular weight is 374 g/mol. The van der Waals surface area contributed by atoms with Crippen LogP contribution in [0.25, 0.3) is 0 Å². The number of thiophene rings is 1. The Balaban J connectivity index is 2.39. The van der Waals surface area contributed by atoms with E-state index in [0.717, 1.165) is 16.9 Å². The Morgan fingerprint density at radius 2 is 1.81 bits per heavy atom. The van der Waals surface area contributed by atoms with Gasteiger partial charge in [-0.2, -0.15) is 0 Å². The summed E-state index contributed by atoms with van der Waals surface area (Å²) >= 11 is 1.06. The number of carbonyl (C=O) groups is 3. The molecule has 1 heterocycles. The van der Waals surface area contributed by atoms with Gasteiger partial charge in [0.15, 0.2) is 0 Å². The Morgan fingerprint density at radius 3 is 2.38 bits per heavy atom. The summed E-state index contributed by atoms with van der Waals surface area (Å²) < 4.78 is 4.81. The van der Waals surface area contributed by atoms with Crippen LogP contribution in [-0.4, -0.2) is 24.9 Å². The second-order valence-corrected chi connectivity index (χ2v) is 7.24. The van der Waals surface area contributed by atoms with Gasteiger partial charge in [-0.1, -0.05) is 26.0 Å². The highest BCUT2D eigenvalue weighted by atomic mass is 32.1. The van der Waals surface area contributed by atoms with E-state index in [0.29, 0.717) is 21.1 Å². The second-order valence-electron chi connectivity index (χ2n) is 6.22. The largest absolute Gasteiger partial charge is 0.465 e. The van der Waals surface area contributed by atoms with E-state index in [9.17, 15) is 14.4 Å². The Morgan fingerprint density at radius 1 is 1.12 bits per heavy atom. The minimum atomic E-state index is -0.590. The average Bonchev–Trinajstić information content (AvgIpc) is 2.90. The molecule has 0 saturated carbocycles. The predicted molar refractivity (Wildman–Crippen MR) is 103 cm³/mol. The van der Waals surface area contributed by atoms with Gasteiger partial charge in [0, 0.05) is 11.6 Å². The highest BCUT2D eigenvalue weighted by molar-refractivity contribution is 7.18. The Labute approximate surface area is 156 Å². The van der Waals surface area contributed by atoms with E-state index in [1.807, 2.05) is 25.1 Å². The van der Waals surface area contributed by atoms with Crippen molar-refractivity contribution in [2.45, 2.75) is 27.7 Å². The van der Waals surface area contributed by atoms with Crippen LogP contribution in [0.4, 0.5) is 10.7 Å². The quantitative estimate of drug-likeness (QED) is 0.775. The third-order valence-electron chi connectivity index (χ3n) is 3.78. The van der Waals surface area contributed by atoms with Gasteiger partial charge >= 0.3 is 5.97 Å². The second kappa shape index (κ2) is 8.14. The molecule has 0 spiro atoms. The van der Waals surface area contributed by atoms with Crippen molar-refractivity contribution in [2.24, 2.45) is 5.92 Å². The molecule has 2 rings (SSSR count). The van der Waals surface area contributed by atoms with Crippen molar-refractivity contribution in [1.29, 1.82) is 0 Å². The molecule has 138 valence electrons. The van der Waals surface area contributed by atoms with Crippen LogP contribution in [0.3, 0.4) is 0 Å². The van der Waals surface area contributed by atoms with Crippen molar-refractivity contribution in [2.75, 3.05) is 17.7 Å². The van der Waals surface area contributed by atoms with Crippen molar-refractivity contribution in [3.05, 3.63) is 45.8 Å². The van der Waals surface area contributed by atoms with E-state index in [1.165, 1.54) is 7.11 Å². The highest BCUT2D eigenvalue weighted by Crippen LogP contribution is 2.34. The first kappa shape index (κ1) is 19.7. The first-order valence-corrected chi connectivity index (χ1v) is 8.96. The SMILES string of the molecule is COC(=O)c1c(NC(=O)C(C)C)sc(C(=O)Nc2cccc(C)c2)c1C. The minimum absolute atomic E-state index is 0.209. The molecule has 7 heteroatoms. The van der Waals surface area contributed by atoms with Gasteiger partial charge in [0.05, 0.1) is 17.6 Å². The van der Waals surface area contributed by atoms with E-state index in [1.54, 1.807) is 26.8 Å². The standard InChI is InChI=1S/C19H22N2O4S/c1-10(2)16(22)21-18-14(19(24)25-5)12(4)15(26-18)17(23)20-13-8-6-7-11(3)9-13/h6-10H,1-5H3,(H,20,23)(H,21,22). The van der Waals surface area contributed by atoms with E-state index < -0.39 is 5.97 Å². The lowest BCUT2D eigenvalue weighted by atomic mass is 10.1. The van der Waals surface area contributed by atoms with E-state index in [-0.39, 0.29) is 23.3 Å². The van der Waals surface area contributed by atoms with Crippen LogP contribution >= 0.6 is 11.3 Å². The molecule has 6 nitrogen and oxygen atoms in total. The maximum atomic E-state index is 12.7. The molecule has 2 N–H and O–H groups in total. The fraction of sp³-hybridized carbons (Fsp3) is 0.316. The number of benzene rings is 1. The normalized spacial score (nSPS) is 10.5. The topological polar surface area (TPSA) is 84.5 Å². The molecule has 2 amide bonds. The number of aryl methyl sites for hydroxylation is 1. The molecule has 0 aliphatic carbocycles. The highest BCUT2D eigenvalue weighted by Gasteiger charge is 2.26. The van der Waals surface area contributed by atoms with Crippen molar-refractivity contribution < 1.29 is 19.1 Å². The van der Waals surface area contributed by atoms with E-state index >= 15 is 0 Å². The molecule has 0 atom stereocenters. The Bertz CT molecular complexity index is 855. The third-order valence-corrected chi connectivity index (χ3v) is 4.99. The van der Waals surface area contributed by atoms with Gasteiger partial charge in [0.25, 0.3) is 5.91 Å². The van der Waals surface area contributed by atoms with Crippen molar-refractivity contribution in [1.82, 2.24) is 0 Å². The fourth-order valence-corrected chi connectivity index (χ4v) is 3.43. The van der Waals surface area contributed by atoms with Crippen LogP contribution in [0.2, 0.25) is 0 Å². The molecule has 26 heavy (non-hydrogen) atoms. The molecule has 0 unspecified atom stereocenters. The maximum absolute atomic E-state index is 12.7. The van der Waals surface area contributed by atoms with Crippen LogP contribution in [0.1, 0.15) is 45.0 Å². The molecule has 0 fully saturated rings. The first-order valence-electron chi connectivity index (χ1n) is 8.15. The van der Waals surface area contributed by atoms with Gasteiger partial charge in [0.2, 0.25) is 5.91 Å². The van der Waals surface area contributed by atoms with Gasteiger partial charge in [-0.25, -0.2) is 4.79 Å². The number of carbonyl (C=O) groups excluding carboxylic acids is 3. The smallest absolute Gasteiger partial charge is 0.341 e. The first-order chi connectivity index (χ1) is 12.2. The Kier molecular flexibility index (Phi) is 6.15. The van der Waals surface area contributed by atoms with E-state index in [2.05, 4.69) is 10.6 Å². The molecule has 0 aliphatic rings. The summed E-state index contributed by atoms with van der Waals surface area (Å²) in [6.07, 6.45) is 0. The van der Waals surface area contributed by atoms with Gasteiger partial charge < -0.3 is 15.4 Å². The predicted octanol–water partition coefficient (Wildman–Crippen LogP) is 4.00. The number of ether oxygens (including phenoxy) is 1. The zero-order valence-corrected chi connectivity index (χ0v) is 16.2. The van der Waals surface area contributed by atoms with Crippen LogP contribution in [0, 0.1) is 19.8 Å². The zero-order chi connectivity index (χ0) is 19.4.